The first-order valence-electron chi connectivity index (χ1n) is 6.13. The van der Waals surface area contributed by atoms with E-state index in [1.54, 1.807) is 17.5 Å². The number of pyridine rings is 1. The first kappa shape index (κ1) is 11.9. The van der Waals surface area contributed by atoms with Crippen LogP contribution in [0.25, 0.3) is 0 Å². The van der Waals surface area contributed by atoms with Crippen molar-refractivity contribution in [2.75, 3.05) is 36.0 Å². The molecule has 0 amide bonds. The molecule has 1 fully saturated rings. The summed E-state index contributed by atoms with van der Waals surface area (Å²) in [5.41, 5.74) is 1.44. The Morgan fingerprint density at radius 2 is 1.89 bits per heavy atom. The second-order valence-electron chi connectivity index (χ2n) is 4.27. The lowest BCUT2D eigenvalue weighted by Crippen LogP contribution is -2.46. The summed E-state index contributed by atoms with van der Waals surface area (Å²) in [5, 5.41) is 12.2. The molecule has 96 valence electrons. The predicted molar refractivity (Wildman–Crippen MR) is 75.5 cm³/mol. The minimum absolute atomic E-state index is 0.505. The minimum Gasteiger partial charge on any atom is -0.366 e. The van der Waals surface area contributed by atoms with Crippen molar-refractivity contribution < 1.29 is 0 Å². The average Bonchev–Trinajstić information content (AvgIpc) is 3.02. The molecule has 5 nitrogen and oxygen atoms in total. The number of nitrogens with zero attached hydrogens (tertiary/aromatic N) is 5. The molecule has 0 aliphatic carbocycles. The fourth-order valence-corrected chi connectivity index (χ4v) is 2.95. The Morgan fingerprint density at radius 3 is 2.58 bits per heavy atom. The highest BCUT2D eigenvalue weighted by atomic mass is 32.1. The third kappa shape index (κ3) is 2.37. The number of hydrogen-bond acceptors (Lipinski definition) is 6. The predicted octanol–water partition coefficient (Wildman–Crippen LogP) is 1.74. The fraction of sp³-hybridized carbons (Fsp3) is 0.308. The van der Waals surface area contributed by atoms with Crippen molar-refractivity contribution in [3.05, 3.63) is 35.6 Å². The maximum Gasteiger partial charge on any atom is 0.185 e. The average molecular weight is 271 g/mol. The molecule has 0 aromatic carbocycles. The van der Waals surface area contributed by atoms with E-state index < -0.39 is 0 Å². The molecule has 19 heavy (non-hydrogen) atoms. The van der Waals surface area contributed by atoms with Crippen LogP contribution >= 0.6 is 11.3 Å². The molecule has 1 aliphatic heterocycles. The summed E-state index contributed by atoms with van der Waals surface area (Å²) >= 11 is 1.67. The topological polar surface area (TPSA) is 56.1 Å². The van der Waals surface area contributed by atoms with Crippen LogP contribution < -0.4 is 9.80 Å². The SMILES string of the molecule is N#Cc1ncccc1N1CCN(c2nccs2)CC1. The van der Waals surface area contributed by atoms with Gasteiger partial charge in [-0.3, -0.25) is 0 Å². The van der Waals surface area contributed by atoms with Gasteiger partial charge in [0.15, 0.2) is 10.8 Å². The summed E-state index contributed by atoms with van der Waals surface area (Å²) in [4.78, 5) is 12.9. The van der Waals surface area contributed by atoms with Crippen LogP contribution in [0.15, 0.2) is 29.9 Å². The van der Waals surface area contributed by atoms with E-state index in [1.807, 2.05) is 23.7 Å². The quantitative estimate of drug-likeness (QED) is 0.832. The van der Waals surface area contributed by atoms with Gasteiger partial charge >= 0.3 is 0 Å². The Labute approximate surface area is 115 Å². The molecule has 3 heterocycles. The standard InChI is InChI=1S/C13H13N5S/c14-10-11-12(2-1-3-15-11)17-5-7-18(8-6-17)13-16-4-9-19-13/h1-4,9H,5-8H2. The van der Waals surface area contributed by atoms with Gasteiger partial charge in [0, 0.05) is 44.0 Å². The maximum atomic E-state index is 9.09. The van der Waals surface area contributed by atoms with Gasteiger partial charge in [0.05, 0.1) is 5.69 Å². The van der Waals surface area contributed by atoms with Gasteiger partial charge in [0.25, 0.3) is 0 Å². The molecule has 0 N–H and O–H groups in total. The Hall–Kier alpha value is -2.13. The summed E-state index contributed by atoms with van der Waals surface area (Å²) in [6.45, 7) is 3.63. The summed E-state index contributed by atoms with van der Waals surface area (Å²) in [7, 11) is 0. The van der Waals surface area contributed by atoms with E-state index in [0.717, 1.165) is 37.0 Å². The summed E-state index contributed by atoms with van der Waals surface area (Å²) < 4.78 is 0. The molecule has 2 aromatic rings. The number of rotatable bonds is 2. The monoisotopic (exact) mass is 271 g/mol. The van der Waals surface area contributed by atoms with E-state index in [2.05, 4.69) is 25.8 Å². The van der Waals surface area contributed by atoms with Gasteiger partial charge in [-0.05, 0) is 12.1 Å². The van der Waals surface area contributed by atoms with Crippen LogP contribution in [0.1, 0.15) is 5.69 Å². The lowest BCUT2D eigenvalue weighted by molar-refractivity contribution is 0.650. The largest absolute Gasteiger partial charge is 0.366 e. The highest BCUT2D eigenvalue weighted by Gasteiger charge is 2.20. The zero-order chi connectivity index (χ0) is 13.1. The van der Waals surface area contributed by atoms with E-state index in [9.17, 15) is 0 Å². The third-order valence-electron chi connectivity index (χ3n) is 3.20. The second-order valence-corrected chi connectivity index (χ2v) is 5.14. The molecule has 2 aromatic heterocycles. The van der Waals surface area contributed by atoms with Crippen LogP contribution in [-0.4, -0.2) is 36.1 Å². The van der Waals surface area contributed by atoms with Crippen molar-refractivity contribution in [2.24, 2.45) is 0 Å². The van der Waals surface area contributed by atoms with Crippen molar-refractivity contribution in [3.8, 4) is 6.07 Å². The van der Waals surface area contributed by atoms with Gasteiger partial charge in [-0.1, -0.05) is 0 Å². The third-order valence-corrected chi connectivity index (χ3v) is 4.03. The van der Waals surface area contributed by atoms with Crippen molar-refractivity contribution in [1.29, 1.82) is 5.26 Å². The lowest BCUT2D eigenvalue weighted by atomic mass is 10.2. The highest BCUT2D eigenvalue weighted by Crippen LogP contribution is 2.23. The minimum atomic E-state index is 0.505. The van der Waals surface area contributed by atoms with Crippen LogP contribution in [0.3, 0.4) is 0 Å². The molecule has 3 rings (SSSR count). The van der Waals surface area contributed by atoms with Crippen LogP contribution in [-0.2, 0) is 0 Å². The molecule has 0 atom stereocenters. The molecule has 0 unspecified atom stereocenters. The molecule has 1 saturated heterocycles. The van der Waals surface area contributed by atoms with Crippen LogP contribution in [0.5, 0.6) is 0 Å². The molecular formula is C13H13N5S. The van der Waals surface area contributed by atoms with E-state index >= 15 is 0 Å². The van der Waals surface area contributed by atoms with Gasteiger partial charge in [-0.25, -0.2) is 9.97 Å². The van der Waals surface area contributed by atoms with Crippen molar-refractivity contribution >= 4 is 22.2 Å². The first-order valence-corrected chi connectivity index (χ1v) is 7.01. The molecular weight excluding hydrogens is 258 g/mol. The Kier molecular flexibility index (Phi) is 3.29. The zero-order valence-electron chi connectivity index (χ0n) is 10.4. The zero-order valence-corrected chi connectivity index (χ0v) is 11.2. The fourth-order valence-electron chi connectivity index (χ4n) is 2.25. The molecule has 6 heteroatoms. The lowest BCUT2D eigenvalue weighted by Gasteiger charge is -2.36. The Morgan fingerprint density at radius 1 is 1.11 bits per heavy atom. The van der Waals surface area contributed by atoms with E-state index in [1.165, 1.54) is 0 Å². The smallest absolute Gasteiger partial charge is 0.185 e. The van der Waals surface area contributed by atoms with Crippen LogP contribution in [0.4, 0.5) is 10.8 Å². The van der Waals surface area contributed by atoms with Gasteiger partial charge in [0.1, 0.15) is 6.07 Å². The molecule has 0 spiro atoms. The van der Waals surface area contributed by atoms with Gasteiger partial charge in [-0.2, -0.15) is 5.26 Å². The second kappa shape index (κ2) is 5.24. The number of piperazine rings is 1. The summed E-state index contributed by atoms with van der Waals surface area (Å²) in [5.74, 6) is 0. The Bertz CT molecular complexity index is 581. The van der Waals surface area contributed by atoms with Gasteiger partial charge in [-0.15, -0.1) is 11.3 Å². The van der Waals surface area contributed by atoms with Crippen molar-refractivity contribution in [3.63, 3.8) is 0 Å². The number of anilines is 2. The van der Waals surface area contributed by atoms with Gasteiger partial charge in [0.2, 0.25) is 0 Å². The number of nitriles is 1. The number of aromatic nitrogens is 2. The summed E-state index contributed by atoms with van der Waals surface area (Å²) in [6, 6.07) is 6.00. The number of hydrogen-bond donors (Lipinski definition) is 0. The van der Waals surface area contributed by atoms with Crippen molar-refractivity contribution in [2.45, 2.75) is 0 Å². The first-order chi connectivity index (χ1) is 9.38. The molecule has 1 aliphatic rings. The summed E-state index contributed by atoms with van der Waals surface area (Å²) in [6.07, 6.45) is 3.50. The molecule has 0 bridgehead atoms. The van der Waals surface area contributed by atoms with E-state index in [-0.39, 0.29) is 0 Å². The van der Waals surface area contributed by atoms with E-state index in [4.69, 9.17) is 5.26 Å². The number of thiazole rings is 1. The molecule has 0 radical (unpaired) electrons. The van der Waals surface area contributed by atoms with Gasteiger partial charge < -0.3 is 9.80 Å². The normalized spacial score (nSPS) is 15.3. The maximum absolute atomic E-state index is 9.09. The Balaban J connectivity index is 1.72. The van der Waals surface area contributed by atoms with Crippen molar-refractivity contribution in [1.82, 2.24) is 9.97 Å². The van der Waals surface area contributed by atoms with Crippen LogP contribution in [0, 0.1) is 11.3 Å². The highest BCUT2D eigenvalue weighted by molar-refractivity contribution is 7.13. The molecule has 0 saturated carbocycles. The van der Waals surface area contributed by atoms with E-state index in [0.29, 0.717) is 5.69 Å². The van der Waals surface area contributed by atoms with Crippen LogP contribution in [0.2, 0.25) is 0 Å².